The number of aryl methyl sites for hydroxylation is 1. The molecule has 5 nitrogen and oxygen atoms in total. The van der Waals surface area contributed by atoms with Gasteiger partial charge in [0.2, 0.25) is 0 Å². The van der Waals surface area contributed by atoms with Crippen molar-refractivity contribution in [2.45, 2.75) is 13.5 Å². The van der Waals surface area contributed by atoms with Crippen LogP contribution in [0, 0.1) is 6.92 Å². The van der Waals surface area contributed by atoms with Gasteiger partial charge in [0, 0.05) is 23.3 Å². The van der Waals surface area contributed by atoms with Gasteiger partial charge < -0.3 is 10.3 Å². The van der Waals surface area contributed by atoms with Crippen molar-refractivity contribution in [1.82, 2.24) is 15.3 Å². The smallest absolute Gasteiger partial charge is 0.264 e. The van der Waals surface area contributed by atoms with E-state index < -0.39 is 11.5 Å². The zero-order valence-electron chi connectivity index (χ0n) is 13.5. The Kier molecular flexibility index (Phi) is 4.95. The van der Waals surface area contributed by atoms with Crippen LogP contribution in [0.3, 0.4) is 0 Å². The van der Waals surface area contributed by atoms with E-state index in [4.69, 9.17) is 11.6 Å². The Bertz CT molecular complexity index is 948. The maximum atomic E-state index is 12.2. The summed E-state index contributed by atoms with van der Waals surface area (Å²) in [6, 6.07) is 14.7. The summed E-state index contributed by atoms with van der Waals surface area (Å²) in [5.74, 6) is -0.0752. The first-order chi connectivity index (χ1) is 12.0. The van der Waals surface area contributed by atoms with Gasteiger partial charge in [-0.15, -0.1) is 0 Å². The van der Waals surface area contributed by atoms with Gasteiger partial charge in [-0.3, -0.25) is 9.59 Å². The molecule has 0 fully saturated rings. The molecule has 0 unspecified atom stereocenters. The lowest BCUT2D eigenvalue weighted by molar-refractivity contribution is 0.0949. The molecule has 0 atom stereocenters. The third-order valence-electron chi connectivity index (χ3n) is 3.74. The number of nitrogens with one attached hydrogen (secondary N) is 2. The molecule has 0 bridgehead atoms. The molecule has 3 rings (SSSR count). The number of halogens is 1. The standard InChI is InChI=1S/C19H16ClN3O2/c1-12-2-4-13(5-3-12)10-22-18(24)16-11-21-17(23-19(16)25)14-6-8-15(20)9-7-14/h2-9,11H,10H2,1H3,(H,22,24)(H,21,23,25). The van der Waals surface area contributed by atoms with Gasteiger partial charge in [-0.1, -0.05) is 41.4 Å². The molecule has 0 saturated heterocycles. The summed E-state index contributed by atoms with van der Waals surface area (Å²) < 4.78 is 0. The number of carbonyl (C=O) groups excluding carboxylic acids is 1. The van der Waals surface area contributed by atoms with E-state index >= 15 is 0 Å². The third-order valence-corrected chi connectivity index (χ3v) is 3.99. The molecule has 0 saturated carbocycles. The van der Waals surface area contributed by atoms with Crippen LogP contribution < -0.4 is 10.9 Å². The third kappa shape index (κ3) is 4.14. The number of aromatic amines is 1. The summed E-state index contributed by atoms with van der Waals surface area (Å²) >= 11 is 5.85. The monoisotopic (exact) mass is 353 g/mol. The molecule has 1 aromatic heterocycles. The van der Waals surface area contributed by atoms with Crippen LogP contribution in [0.4, 0.5) is 0 Å². The zero-order chi connectivity index (χ0) is 17.8. The highest BCUT2D eigenvalue weighted by molar-refractivity contribution is 6.30. The number of benzene rings is 2. The van der Waals surface area contributed by atoms with Gasteiger partial charge in [-0.2, -0.15) is 0 Å². The second-order valence-corrected chi connectivity index (χ2v) is 6.09. The summed E-state index contributed by atoms with van der Waals surface area (Å²) in [6.45, 7) is 2.34. The summed E-state index contributed by atoms with van der Waals surface area (Å²) in [5.41, 5.74) is 2.31. The Labute approximate surface area is 149 Å². The lowest BCUT2D eigenvalue weighted by atomic mass is 10.1. The number of H-pyrrole nitrogens is 1. The molecule has 0 aliphatic carbocycles. The first-order valence-corrected chi connectivity index (χ1v) is 8.10. The summed E-state index contributed by atoms with van der Waals surface area (Å²) in [5, 5.41) is 3.32. The van der Waals surface area contributed by atoms with Gasteiger partial charge in [-0.05, 0) is 36.8 Å². The average molecular weight is 354 g/mol. The topological polar surface area (TPSA) is 74.8 Å². The number of hydrogen-bond donors (Lipinski definition) is 2. The van der Waals surface area contributed by atoms with E-state index in [1.807, 2.05) is 31.2 Å². The van der Waals surface area contributed by atoms with Gasteiger partial charge in [0.1, 0.15) is 11.4 Å². The molecule has 1 heterocycles. The Morgan fingerprint density at radius 3 is 2.44 bits per heavy atom. The minimum Gasteiger partial charge on any atom is -0.348 e. The molecule has 126 valence electrons. The highest BCUT2D eigenvalue weighted by Gasteiger charge is 2.12. The first-order valence-electron chi connectivity index (χ1n) is 7.72. The number of nitrogens with zero attached hydrogens (tertiary/aromatic N) is 1. The predicted molar refractivity (Wildman–Crippen MR) is 97.7 cm³/mol. The van der Waals surface area contributed by atoms with Crippen LogP contribution in [0.5, 0.6) is 0 Å². The largest absolute Gasteiger partial charge is 0.348 e. The fraction of sp³-hybridized carbons (Fsp3) is 0.105. The summed E-state index contributed by atoms with van der Waals surface area (Å²) in [6.07, 6.45) is 1.28. The molecule has 0 spiro atoms. The van der Waals surface area contributed by atoms with Crippen LogP contribution in [0.1, 0.15) is 21.5 Å². The van der Waals surface area contributed by atoms with Crippen LogP contribution in [-0.4, -0.2) is 15.9 Å². The van der Waals surface area contributed by atoms with Crippen LogP contribution in [0.2, 0.25) is 5.02 Å². The summed E-state index contributed by atoms with van der Waals surface area (Å²) in [4.78, 5) is 31.2. The van der Waals surface area contributed by atoms with E-state index in [0.29, 0.717) is 23.0 Å². The molecule has 0 aliphatic heterocycles. The van der Waals surface area contributed by atoms with E-state index in [1.165, 1.54) is 6.20 Å². The van der Waals surface area contributed by atoms with Gasteiger partial charge in [-0.25, -0.2) is 4.98 Å². The number of aromatic nitrogens is 2. The Morgan fingerprint density at radius 2 is 1.80 bits per heavy atom. The fourth-order valence-electron chi connectivity index (χ4n) is 2.29. The predicted octanol–water partition coefficient (Wildman–Crippen LogP) is 3.33. The number of hydrogen-bond acceptors (Lipinski definition) is 3. The fourth-order valence-corrected chi connectivity index (χ4v) is 2.42. The Balaban J connectivity index is 1.73. The van der Waals surface area contributed by atoms with Gasteiger partial charge in [0.05, 0.1) is 0 Å². The van der Waals surface area contributed by atoms with Crippen molar-refractivity contribution in [3.05, 3.63) is 86.8 Å². The molecule has 25 heavy (non-hydrogen) atoms. The normalized spacial score (nSPS) is 10.5. The van der Waals surface area contributed by atoms with E-state index in [-0.39, 0.29) is 5.56 Å². The van der Waals surface area contributed by atoms with E-state index in [1.54, 1.807) is 24.3 Å². The second kappa shape index (κ2) is 7.32. The molecule has 0 radical (unpaired) electrons. The van der Waals surface area contributed by atoms with E-state index in [2.05, 4.69) is 15.3 Å². The number of rotatable bonds is 4. The second-order valence-electron chi connectivity index (χ2n) is 5.65. The zero-order valence-corrected chi connectivity index (χ0v) is 14.3. The van der Waals surface area contributed by atoms with Crippen molar-refractivity contribution in [2.24, 2.45) is 0 Å². The number of carbonyl (C=O) groups is 1. The minimum absolute atomic E-state index is 0.0233. The molecular formula is C19H16ClN3O2. The lowest BCUT2D eigenvalue weighted by Gasteiger charge is -2.06. The van der Waals surface area contributed by atoms with Gasteiger partial charge in [0.15, 0.2) is 0 Å². The molecule has 2 aromatic carbocycles. The Morgan fingerprint density at radius 1 is 1.12 bits per heavy atom. The van der Waals surface area contributed by atoms with Gasteiger partial charge >= 0.3 is 0 Å². The molecule has 0 aliphatic rings. The van der Waals surface area contributed by atoms with Crippen LogP contribution >= 0.6 is 11.6 Å². The highest BCUT2D eigenvalue weighted by atomic mass is 35.5. The van der Waals surface area contributed by atoms with Crippen molar-refractivity contribution in [1.29, 1.82) is 0 Å². The molecular weight excluding hydrogens is 338 g/mol. The highest BCUT2D eigenvalue weighted by Crippen LogP contribution is 2.16. The van der Waals surface area contributed by atoms with Crippen molar-refractivity contribution in [3.63, 3.8) is 0 Å². The van der Waals surface area contributed by atoms with Gasteiger partial charge in [0.25, 0.3) is 11.5 Å². The van der Waals surface area contributed by atoms with Crippen molar-refractivity contribution in [2.75, 3.05) is 0 Å². The lowest BCUT2D eigenvalue weighted by Crippen LogP contribution is -2.29. The van der Waals surface area contributed by atoms with E-state index in [0.717, 1.165) is 11.1 Å². The van der Waals surface area contributed by atoms with Crippen molar-refractivity contribution < 1.29 is 4.79 Å². The summed E-state index contributed by atoms with van der Waals surface area (Å²) in [7, 11) is 0. The molecule has 2 N–H and O–H groups in total. The Hall–Kier alpha value is -2.92. The first kappa shape index (κ1) is 16.9. The average Bonchev–Trinajstić information content (AvgIpc) is 2.61. The molecule has 6 heteroatoms. The SMILES string of the molecule is Cc1ccc(CNC(=O)c2cnc(-c3ccc(Cl)cc3)[nH]c2=O)cc1. The van der Waals surface area contributed by atoms with Crippen molar-refractivity contribution >= 4 is 17.5 Å². The van der Waals surface area contributed by atoms with Crippen LogP contribution in [0.15, 0.2) is 59.5 Å². The molecule has 3 aromatic rings. The van der Waals surface area contributed by atoms with Crippen molar-refractivity contribution in [3.8, 4) is 11.4 Å². The van der Waals surface area contributed by atoms with E-state index in [9.17, 15) is 9.59 Å². The maximum Gasteiger partial charge on any atom is 0.264 e. The van der Waals surface area contributed by atoms with Crippen LogP contribution in [0.25, 0.3) is 11.4 Å². The number of amides is 1. The van der Waals surface area contributed by atoms with Crippen LogP contribution in [-0.2, 0) is 6.54 Å². The quantitative estimate of drug-likeness (QED) is 0.755. The molecule has 1 amide bonds. The minimum atomic E-state index is -0.485. The maximum absolute atomic E-state index is 12.2.